The number of urea groups is 1. The molecule has 7 heteroatoms. The van der Waals surface area contributed by atoms with Crippen LogP contribution in [-0.4, -0.2) is 42.1 Å². The van der Waals surface area contributed by atoms with Gasteiger partial charge in [-0.1, -0.05) is 29.8 Å². The maximum Gasteiger partial charge on any atom is 0.322 e. The number of nitrogens with one attached hydrogen (secondary N) is 1. The quantitative estimate of drug-likeness (QED) is 0.852. The van der Waals surface area contributed by atoms with Gasteiger partial charge in [0.05, 0.1) is 23.9 Å². The van der Waals surface area contributed by atoms with Crippen LogP contribution in [0, 0.1) is 13.8 Å². The van der Waals surface area contributed by atoms with Crippen LogP contribution in [0.4, 0.5) is 4.79 Å². The molecule has 30 heavy (non-hydrogen) atoms. The maximum absolute atomic E-state index is 13.4. The van der Waals surface area contributed by atoms with Gasteiger partial charge in [0.2, 0.25) is 6.79 Å². The molecule has 0 spiro atoms. The first-order chi connectivity index (χ1) is 14.4. The largest absolute Gasteiger partial charge is 0.454 e. The molecule has 1 N–H and O–H groups in total. The Bertz CT molecular complexity index is 1110. The fraction of sp³-hybridized carbons (Fsp3) is 0.304. The van der Waals surface area contributed by atoms with Crippen LogP contribution in [0.25, 0.3) is 0 Å². The summed E-state index contributed by atoms with van der Waals surface area (Å²) in [4.78, 5) is 29.4. The third-order valence-corrected chi connectivity index (χ3v) is 5.98. The van der Waals surface area contributed by atoms with E-state index in [1.807, 2.05) is 44.2 Å². The van der Waals surface area contributed by atoms with Gasteiger partial charge in [0.25, 0.3) is 5.91 Å². The van der Waals surface area contributed by atoms with E-state index in [0.29, 0.717) is 30.2 Å². The number of carbonyl (C=O) groups is 2. The topological polar surface area (TPSA) is 71.1 Å². The second-order valence-electron chi connectivity index (χ2n) is 8.01. The summed E-state index contributed by atoms with van der Waals surface area (Å²) in [5.41, 5.74) is 5.51. The lowest BCUT2D eigenvalue weighted by Crippen LogP contribution is -2.45. The fourth-order valence-corrected chi connectivity index (χ4v) is 4.39. The number of amides is 3. The minimum absolute atomic E-state index is 0.0560. The molecule has 0 saturated carbocycles. The summed E-state index contributed by atoms with van der Waals surface area (Å²) < 4.78 is 10.8. The second kappa shape index (κ2) is 6.79. The molecule has 0 aliphatic carbocycles. The summed E-state index contributed by atoms with van der Waals surface area (Å²) in [6.07, 6.45) is 0. The van der Waals surface area contributed by atoms with Crippen LogP contribution in [0.3, 0.4) is 0 Å². The Labute approximate surface area is 174 Å². The summed E-state index contributed by atoms with van der Waals surface area (Å²) in [6.45, 7) is 5.09. The zero-order valence-corrected chi connectivity index (χ0v) is 17.2. The normalized spacial score (nSPS) is 20.0. The van der Waals surface area contributed by atoms with Crippen molar-refractivity contribution in [3.63, 3.8) is 0 Å². The molecule has 1 atom stereocenters. The molecular formula is C23H23N3O4. The van der Waals surface area contributed by atoms with E-state index in [-0.39, 0.29) is 18.7 Å². The molecule has 3 amide bonds. The molecule has 2 aromatic carbocycles. The Hall–Kier alpha value is -3.48. The first kappa shape index (κ1) is 18.5. The zero-order chi connectivity index (χ0) is 21.0. The smallest absolute Gasteiger partial charge is 0.322 e. The van der Waals surface area contributed by atoms with Crippen molar-refractivity contribution in [3.05, 3.63) is 69.9 Å². The minimum Gasteiger partial charge on any atom is -0.454 e. The number of benzene rings is 2. The Morgan fingerprint density at radius 1 is 1.07 bits per heavy atom. The van der Waals surface area contributed by atoms with Crippen molar-refractivity contribution >= 4 is 11.9 Å². The first-order valence-corrected chi connectivity index (χ1v) is 9.94. The van der Waals surface area contributed by atoms with E-state index in [2.05, 4.69) is 11.4 Å². The Morgan fingerprint density at radius 2 is 1.87 bits per heavy atom. The standard InChI is InChI=1S/C23H23N3O4/c1-13-4-6-16(14(2)8-13)21-20-17(25(3)23(28)24-21)11-26(22(20)27)10-15-5-7-18-19(9-15)30-12-29-18/h4-9,21H,10-12H2,1-3H3,(H,24,28)/t21-/m0/s1. The maximum atomic E-state index is 13.4. The first-order valence-electron chi connectivity index (χ1n) is 9.94. The van der Waals surface area contributed by atoms with Gasteiger partial charge in [0.15, 0.2) is 11.5 Å². The molecule has 0 unspecified atom stereocenters. The van der Waals surface area contributed by atoms with E-state index in [9.17, 15) is 9.59 Å². The molecule has 154 valence electrons. The molecule has 0 saturated heterocycles. The number of nitrogens with zero attached hydrogens (tertiary/aromatic N) is 2. The molecule has 7 nitrogen and oxygen atoms in total. The van der Waals surface area contributed by atoms with Gasteiger partial charge in [-0.2, -0.15) is 0 Å². The monoisotopic (exact) mass is 405 g/mol. The highest BCUT2D eigenvalue weighted by Crippen LogP contribution is 2.38. The van der Waals surface area contributed by atoms with Crippen molar-refractivity contribution in [1.29, 1.82) is 0 Å². The highest BCUT2D eigenvalue weighted by atomic mass is 16.7. The number of rotatable bonds is 3. The van der Waals surface area contributed by atoms with Gasteiger partial charge in [-0.25, -0.2) is 4.79 Å². The van der Waals surface area contributed by atoms with E-state index < -0.39 is 6.04 Å². The summed E-state index contributed by atoms with van der Waals surface area (Å²) in [5, 5.41) is 3.01. The molecule has 3 heterocycles. The molecule has 0 fully saturated rings. The lowest BCUT2D eigenvalue weighted by atomic mass is 9.91. The van der Waals surface area contributed by atoms with Crippen LogP contribution < -0.4 is 14.8 Å². The summed E-state index contributed by atoms with van der Waals surface area (Å²) in [5.74, 6) is 1.35. The number of ether oxygens (including phenoxy) is 2. The van der Waals surface area contributed by atoms with Gasteiger partial charge < -0.3 is 19.7 Å². The van der Waals surface area contributed by atoms with Crippen LogP contribution in [0.15, 0.2) is 47.7 Å². The molecule has 0 bridgehead atoms. The van der Waals surface area contributed by atoms with Crippen molar-refractivity contribution < 1.29 is 19.1 Å². The predicted octanol–water partition coefficient (Wildman–Crippen LogP) is 3.02. The number of carbonyl (C=O) groups excluding carboxylic acids is 2. The van der Waals surface area contributed by atoms with E-state index in [4.69, 9.17) is 9.47 Å². The van der Waals surface area contributed by atoms with Crippen LogP contribution in [0.2, 0.25) is 0 Å². The highest BCUT2D eigenvalue weighted by molar-refractivity contribution is 6.01. The van der Waals surface area contributed by atoms with Crippen molar-refractivity contribution in [3.8, 4) is 11.5 Å². The molecule has 3 aliphatic rings. The van der Waals surface area contributed by atoms with E-state index in [0.717, 1.165) is 28.0 Å². The van der Waals surface area contributed by atoms with Gasteiger partial charge in [-0.05, 0) is 42.7 Å². The van der Waals surface area contributed by atoms with Gasteiger partial charge >= 0.3 is 6.03 Å². The number of hydrogen-bond acceptors (Lipinski definition) is 4. The predicted molar refractivity (Wildman–Crippen MR) is 110 cm³/mol. The Morgan fingerprint density at radius 3 is 2.67 bits per heavy atom. The fourth-order valence-electron chi connectivity index (χ4n) is 4.39. The van der Waals surface area contributed by atoms with E-state index >= 15 is 0 Å². The third-order valence-electron chi connectivity index (χ3n) is 5.98. The molecule has 3 aliphatic heterocycles. The van der Waals surface area contributed by atoms with Gasteiger partial charge in [0.1, 0.15) is 0 Å². The Kier molecular flexibility index (Phi) is 4.20. The molecule has 0 aromatic heterocycles. The lowest BCUT2D eigenvalue weighted by molar-refractivity contribution is -0.126. The summed E-state index contributed by atoms with van der Waals surface area (Å²) >= 11 is 0. The third kappa shape index (κ3) is 2.89. The van der Waals surface area contributed by atoms with Gasteiger partial charge in [0, 0.05) is 13.6 Å². The molecule has 5 rings (SSSR count). The minimum atomic E-state index is -0.446. The lowest BCUT2D eigenvalue weighted by Gasteiger charge is -2.31. The van der Waals surface area contributed by atoms with Gasteiger partial charge in [-0.15, -0.1) is 0 Å². The SMILES string of the molecule is Cc1ccc([C@@H]2NC(=O)N(C)C3=C2C(=O)N(Cc2ccc4c(c2)OCO4)C3)c(C)c1. The van der Waals surface area contributed by atoms with Crippen LogP contribution >= 0.6 is 0 Å². The molecular weight excluding hydrogens is 382 g/mol. The van der Waals surface area contributed by atoms with Crippen molar-refractivity contribution in [2.24, 2.45) is 0 Å². The number of fused-ring (bicyclic) bond motifs is 1. The van der Waals surface area contributed by atoms with Crippen LogP contribution in [0.5, 0.6) is 11.5 Å². The van der Waals surface area contributed by atoms with Crippen LogP contribution in [0.1, 0.15) is 28.3 Å². The van der Waals surface area contributed by atoms with Crippen molar-refractivity contribution in [2.75, 3.05) is 20.4 Å². The van der Waals surface area contributed by atoms with Crippen LogP contribution in [-0.2, 0) is 11.3 Å². The zero-order valence-electron chi connectivity index (χ0n) is 17.2. The molecule has 2 aromatic rings. The number of likely N-dealkylation sites (N-methyl/N-ethyl adjacent to an activating group) is 1. The van der Waals surface area contributed by atoms with Gasteiger partial charge in [-0.3, -0.25) is 9.69 Å². The number of aryl methyl sites for hydroxylation is 2. The van der Waals surface area contributed by atoms with E-state index in [1.54, 1.807) is 16.8 Å². The van der Waals surface area contributed by atoms with Crippen molar-refractivity contribution in [1.82, 2.24) is 15.1 Å². The highest BCUT2D eigenvalue weighted by Gasteiger charge is 2.43. The van der Waals surface area contributed by atoms with Crippen molar-refractivity contribution in [2.45, 2.75) is 26.4 Å². The second-order valence-corrected chi connectivity index (χ2v) is 8.01. The molecule has 0 radical (unpaired) electrons. The average Bonchev–Trinajstić information content (AvgIpc) is 3.30. The van der Waals surface area contributed by atoms with E-state index in [1.165, 1.54) is 0 Å². The summed E-state index contributed by atoms with van der Waals surface area (Å²) in [7, 11) is 1.71. The number of hydrogen-bond donors (Lipinski definition) is 1. The average molecular weight is 405 g/mol. The summed E-state index contributed by atoms with van der Waals surface area (Å²) in [6, 6.07) is 11.1. The Balaban J connectivity index is 1.47.